The molecule has 0 unspecified atom stereocenters. The number of nitrogens with two attached hydrogens (primary N) is 2. The molecule has 0 aromatic heterocycles. The molecule has 0 spiro atoms. The van der Waals surface area contributed by atoms with Crippen LogP contribution in [0.3, 0.4) is 0 Å². The summed E-state index contributed by atoms with van der Waals surface area (Å²) in [6, 6.07) is 5.36. The average molecular weight is 152 g/mol. The van der Waals surface area contributed by atoms with E-state index in [2.05, 4.69) is 0 Å². The molecule has 0 atom stereocenters. The molecule has 0 bridgehead atoms. The molecule has 3 nitrogen and oxygen atoms in total. The van der Waals surface area contributed by atoms with Gasteiger partial charge < -0.3 is 16.2 Å². The summed E-state index contributed by atoms with van der Waals surface area (Å²) in [6.45, 7) is 2.51. The normalized spacial score (nSPS) is 9.55. The number of benzene rings is 1. The number of ether oxygens (including phenoxy) is 1. The van der Waals surface area contributed by atoms with Crippen molar-refractivity contribution in [1.82, 2.24) is 0 Å². The number of rotatable bonds is 2. The van der Waals surface area contributed by atoms with E-state index < -0.39 is 0 Å². The molecule has 1 aromatic carbocycles. The van der Waals surface area contributed by atoms with Crippen LogP contribution in [0, 0.1) is 0 Å². The van der Waals surface area contributed by atoms with Crippen molar-refractivity contribution in [2.45, 2.75) is 6.92 Å². The molecule has 0 aliphatic rings. The Balaban J connectivity index is 2.96. The van der Waals surface area contributed by atoms with Crippen LogP contribution in [0.5, 0.6) is 5.75 Å². The largest absolute Gasteiger partial charge is 0.492 e. The van der Waals surface area contributed by atoms with Gasteiger partial charge in [-0.25, -0.2) is 0 Å². The lowest BCUT2D eigenvalue weighted by Crippen LogP contribution is -1.99. The second-order valence-corrected chi connectivity index (χ2v) is 2.19. The first kappa shape index (κ1) is 7.72. The number of nitrogen functional groups attached to an aromatic ring is 2. The van der Waals surface area contributed by atoms with Gasteiger partial charge in [0.25, 0.3) is 0 Å². The number of hydrogen-bond donors (Lipinski definition) is 2. The van der Waals surface area contributed by atoms with E-state index in [4.69, 9.17) is 16.2 Å². The van der Waals surface area contributed by atoms with Gasteiger partial charge in [-0.05, 0) is 19.1 Å². The Hall–Kier alpha value is -1.38. The summed E-state index contributed by atoms with van der Waals surface area (Å²) in [5.41, 5.74) is 12.3. The summed E-state index contributed by atoms with van der Waals surface area (Å²) in [5.74, 6) is 0.660. The van der Waals surface area contributed by atoms with Gasteiger partial charge in [-0.1, -0.05) is 6.07 Å². The molecule has 0 fully saturated rings. The Labute approximate surface area is 66.0 Å². The second-order valence-electron chi connectivity index (χ2n) is 2.19. The molecule has 0 heterocycles. The van der Waals surface area contributed by atoms with E-state index in [1.165, 1.54) is 0 Å². The van der Waals surface area contributed by atoms with Crippen LogP contribution < -0.4 is 16.2 Å². The zero-order valence-electron chi connectivity index (χ0n) is 6.50. The minimum absolute atomic E-state index is 0.523. The Kier molecular flexibility index (Phi) is 2.21. The maximum atomic E-state index is 5.62. The van der Waals surface area contributed by atoms with Crippen LogP contribution in [0.4, 0.5) is 11.4 Å². The molecule has 1 aromatic rings. The lowest BCUT2D eigenvalue weighted by atomic mass is 10.2. The lowest BCUT2D eigenvalue weighted by Gasteiger charge is -2.07. The molecular formula is C8H12N2O. The maximum absolute atomic E-state index is 5.62. The van der Waals surface area contributed by atoms with Gasteiger partial charge in [-0.2, -0.15) is 0 Å². The van der Waals surface area contributed by atoms with Crippen LogP contribution in [0.25, 0.3) is 0 Å². The molecule has 0 radical (unpaired) electrons. The van der Waals surface area contributed by atoms with Gasteiger partial charge in [0.2, 0.25) is 0 Å². The van der Waals surface area contributed by atoms with E-state index in [0.29, 0.717) is 23.7 Å². The Morgan fingerprint density at radius 3 is 2.73 bits per heavy atom. The van der Waals surface area contributed by atoms with Crippen molar-refractivity contribution in [3.05, 3.63) is 18.2 Å². The average Bonchev–Trinajstić information content (AvgIpc) is 1.99. The molecule has 60 valence electrons. The van der Waals surface area contributed by atoms with Crippen molar-refractivity contribution in [3.63, 3.8) is 0 Å². The van der Waals surface area contributed by atoms with Crippen LogP contribution in [-0.2, 0) is 0 Å². The van der Waals surface area contributed by atoms with Crippen molar-refractivity contribution < 1.29 is 4.74 Å². The highest BCUT2D eigenvalue weighted by Gasteiger charge is 2.00. The number of para-hydroxylation sites is 1. The summed E-state index contributed by atoms with van der Waals surface area (Å²) in [4.78, 5) is 0. The number of anilines is 2. The highest BCUT2D eigenvalue weighted by molar-refractivity contribution is 5.70. The predicted molar refractivity (Wildman–Crippen MR) is 46.4 cm³/mol. The van der Waals surface area contributed by atoms with E-state index in [0.717, 1.165) is 0 Å². The first-order valence-electron chi connectivity index (χ1n) is 3.52. The van der Waals surface area contributed by atoms with E-state index >= 15 is 0 Å². The highest BCUT2D eigenvalue weighted by Crippen LogP contribution is 2.26. The van der Waals surface area contributed by atoms with Gasteiger partial charge in [0.05, 0.1) is 18.0 Å². The minimum Gasteiger partial charge on any atom is -0.492 e. The Morgan fingerprint density at radius 2 is 2.09 bits per heavy atom. The first-order valence-corrected chi connectivity index (χ1v) is 3.52. The van der Waals surface area contributed by atoms with Crippen molar-refractivity contribution in [3.8, 4) is 5.75 Å². The molecule has 0 aliphatic carbocycles. The summed E-state index contributed by atoms with van der Waals surface area (Å²) in [5, 5.41) is 0. The quantitative estimate of drug-likeness (QED) is 0.627. The van der Waals surface area contributed by atoms with Crippen LogP contribution in [-0.4, -0.2) is 6.61 Å². The molecule has 0 amide bonds. The molecule has 4 N–H and O–H groups in total. The fourth-order valence-electron chi connectivity index (χ4n) is 0.842. The molecule has 0 saturated heterocycles. The minimum atomic E-state index is 0.523. The van der Waals surface area contributed by atoms with Gasteiger partial charge in [-0.15, -0.1) is 0 Å². The van der Waals surface area contributed by atoms with Gasteiger partial charge in [0.1, 0.15) is 5.75 Å². The SMILES string of the molecule is CCOc1cccc(N)c1N. The highest BCUT2D eigenvalue weighted by atomic mass is 16.5. The summed E-state index contributed by atoms with van der Waals surface area (Å²) < 4.78 is 5.21. The molecule has 0 saturated carbocycles. The van der Waals surface area contributed by atoms with Gasteiger partial charge in [0.15, 0.2) is 0 Å². The monoisotopic (exact) mass is 152 g/mol. The second kappa shape index (κ2) is 3.14. The fraction of sp³-hybridized carbons (Fsp3) is 0.250. The van der Waals surface area contributed by atoms with Crippen molar-refractivity contribution >= 4 is 11.4 Å². The maximum Gasteiger partial charge on any atom is 0.144 e. The molecule has 11 heavy (non-hydrogen) atoms. The molecular weight excluding hydrogens is 140 g/mol. The van der Waals surface area contributed by atoms with E-state index in [1.54, 1.807) is 12.1 Å². The third-order valence-corrected chi connectivity index (χ3v) is 1.40. The topological polar surface area (TPSA) is 61.3 Å². The predicted octanol–water partition coefficient (Wildman–Crippen LogP) is 1.25. The van der Waals surface area contributed by atoms with Crippen LogP contribution in [0.15, 0.2) is 18.2 Å². The lowest BCUT2D eigenvalue weighted by molar-refractivity contribution is 0.342. The van der Waals surface area contributed by atoms with Gasteiger partial charge >= 0.3 is 0 Å². The summed E-state index contributed by atoms with van der Waals surface area (Å²) in [7, 11) is 0. The van der Waals surface area contributed by atoms with Crippen molar-refractivity contribution in [2.24, 2.45) is 0 Å². The van der Waals surface area contributed by atoms with Crippen LogP contribution >= 0.6 is 0 Å². The molecule has 3 heteroatoms. The van der Waals surface area contributed by atoms with Crippen molar-refractivity contribution in [1.29, 1.82) is 0 Å². The van der Waals surface area contributed by atoms with Crippen molar-refractivity contribution in [2.75, 3.05) is 18.1 Å². The summed E-state index contributed by atoms with van der Waals surface area (Å²) >= 11 is 0. The van der Waals surface area contributed by atoms with Gasteiger partial charge in [-0.3, -0.25) is 0 Å². The summed E-state index contributed by atoms with van der Waals surface area (Å²) in [6.07, 6.45) is 0. The standard InChI is InChI=1S/C8H12N2O/c1-2-11-7-5-3-4-6(9)8(7)10/h3-5H,2,9-10H2,1H3. The molecule has 1 rings (SSSR count). The third-order valence-electron chi connectivity index (χ3n) is 1.40. The van der Waals surface area contributed by atoms with E-state index in [1.807, 2.05) is 13.0 Å². The number of hydrogen-bond acceptors (Lipinski definition) is 3. The fourth-order valence-corrected chi connectivity index (χ4v) is 0.842. The van der Waals surface area contributed by atoms with E-state index in [9.17, 15) is 0 Å². The zero-order chi connectivity index (χ0) is 8.27. The Morgan fingerprint density at radius 1 is 1.36 bits per heavy atom. The molecule has 0 aliphatic heterocycles. The van der Waals surface area contributed by atoms with Crippen LogP contribution in [0.1, 0.15) is 6.92 Å². The van der Waals surface area contributed by atoms with Crippen LogP contribution in [0.2, 0.25) is 0 Å². The zero-order valence-corrected chi connectivity index (χ0v) is 6.50. The first-order chi connectivity index (χ1) is 5.25. The van der Waals surface area contributed by atoms with Gasteiger partial charge in [0, 0.05) is 0 Å². The smallest absolute Gasteiger partial charge is 0.144 e. The third kappa shape index (κ3) is 1.55. The Bertz CT molecular complexity index is 248. The van der Waals surface area contributed by atoms with E-state index in [-0.39, 0.29) is 0 Å².